The van der Waals surface area contributed by atoms with Crippen LogP contribution in [0.4, 0.5) is 0 Å². The van der Waals surface area contributed by atoms with Crippen LogP contribution in [0.5, 0.6) is 0 Å². The molecule has 5 heteroatoms. The number of carbonyl (C=O) groups excluding carboxylic acids is 2. The van der Waals surface area contributed by atoms with E-state index in [-0.39, 0.29) is 6.42 Å². The van der Waals surface area contributed by atoms with Gasteiger partial charge < -0.3 is 14.9 Å². The molecule has 190 valence electrons. The van der Waals surface area contributed by atoms with Crippen molar-refractivity contribution in [3.63, 3.8) is 0 Å². The molecule has 5 nitrogen and oxygen atoms in total. The van der Waals surface area contributed by atoms with Crippen LogP contribution in [0.15, 0.2) is 0 Å². The highest BCUT2D eigenvalue weighted by molar-refractivity contribution is 5.87. The first-order valence-electron chi connectivity index (χ1n) is 13.6. The number of aliphatic hydroxyl groups is 2. The number of hydrogen-bond acceptors (Lipinski definition) is 5. The Kier molecular flexibility index (Phi) is 24.0. The topological polar surface area (TPSA) is 83.8 Å². The van der Waals surface area contributed by atoms with E-state index in [4.69, 9.17) is 10.2 Å². The predicted octanol–water partition coefficient (Wildman–Crippen LogP) is 7.01. The van der Waals surface area contributed by atoms with E-state index in [9.17, 15) is 9.59 Å². The van der Waals surface area contributed by atoms with Crippen LogP contribution < -0.4 is 0 Å². The maximum atomic E-state index is 11.4. The number of unbranched alkanes of at least 4 members (excludes halogenated alkanes) is 20. The van der Waals surface area contributed by atoms with Crippen molar-refractivity contribution >= 4 is 11.9 Å². The normalized spacial score (nSPS) is 12.1. The van der Waals surface area contributed by atoms with Gasteiger partial charge in [-0.05, 0) is 6.42 Å². The summed E-state index contributed by atoms with van der Waals surface area (Å²) in [6.45, 7) is 1.55. The van der Waals surface area contributed by atoms with Crippen LogP contribution >= 0.6 is 0 Å². The van der Waals surface area contributed by atoms with Crippen molar-refractivity contribution in [2.75, 3.05) is 6.61 Å². The minimum Gasteiger partial charge on any atom is -0.393 e. The first-order chi connectivity index (χ1) is 15.6. The smallest absolute Gasteiger partial charge is 0.345 e. The number of aliphatic hydroxyl groups excluding tert-OH is 2. The second-order valence-electron chi connectivity index (χ2n) is 9.31. The Morgan fingerprint density at radius 1 is 0.594 bits per heavy atom. The summed E-state index contributed by atoms with van der Waals surface area (Å²) >= 11 is 0. The highest BCUT2D eigenvalue weighted by atomic mass is 16.6. The predicted molar refractivity (Wildman–Crippen MR) is 131 cm³/mol. The molecule has 0 heterocycles. The molecule has 1 atom stereocenters. The Morgan fingerprint density at radius 3 is 1.22 bits per heavy atom. The van der Waals surface area contributed by atoms with E-state index in [0.29, 0.717) is 6.42 Å². The minimum absolute atomic E-state index is 0.183. The Hall–Kier alpha value is -0.940. The van der Waals surface area contributed by atoms with E-state index in [1.165, 1.54) is 116 Å². The molecule has 0 aromatic heterocycles. The molecule has 0 aromatic carbocycles. The highest BCUT2D eigenvalue weighted by Gasteiger charge is 2.18. The fourth-order valence-electron chi connectivity index (χ4n) is 4.01. The van der Waals surface area contributed by atoms with Crippen molar-refractivity contribution in [2.24, 2.45) is 0 Å². The molecule has 0 saturated carbocycles. The monoisotopic (exact) mass is 456 g/mol. The number of ether oxygens (including phenoxy) is 1. The molecule has 1 unspecified atom stereocenters. The lowest BCUT2D eigenvalue weighted by atomic mass is 10.0. The van der Waals surface area contributed by atoms with Gasteiger partial charge in [0.2, 0.25) is 0 Å². The molecule has 0 fully saturated rings. The van der Waals surface area contributed by atoms with E-state index in [2.05, 4.69) is 11.7 Å². The second-order valence-corrected chi connectivity index (χ2v) is 9.31. The van der Waals surface area contributed by atoms with Crippen LogP contribution in [0, 0.1) is 0 Å². The Morgan fingerprint density at radius 2 is 0.906 bits per heavy atom. The van der Waals surface area contributed by atoms with Gasteiger partial charge in [0.1, 0.15) is 0 Å². The summed E-state index contributed by atoms with van der Waals surface area (Å²) in [7, 11) is 0. The lowest BCUT2D eigenvalue weighted by Crippen LogP contribution is -2.28. The third-order valence-corrected chi connectivity index (χ3v) is 6.14. The molecule has 0 aromatic rings. The van der Waals surface area contributed by atoms with Gasteiger partial charge in [0.05, 0.1) is 6.61 Å². The molecule has 0 amide bonds. The van der Waals surface area contributed by atoms with Crippen molar-refractivity contribution in [1.29, 1.82) is 0 Å². The zero-order chi connectivity index (χ0) is 23.7. The number of carbonyl (C=O) groups is 2. The summed E-state index contributed by atoms with van der Waals surface area (Å²) in [5, 5.41) is 17.7. The summed E-state index contributed by atoms with van der Waals surface area (Å²) < 4.78 is 4.46. The van der Waals surface area contributed by atoms with Crippen LogP contribution in [0.3, 0.4) is 0 Å². The van der Waals surface area contributed by atoms with Crippen LogP contribution in [0.25, 0.3) is 0 Å². The number of hydrogen-bond donors (Lipinski definition) is 2. The van der Waals surface area contributed by atoms with Gasteiger partial charge >= 0.3 is 11.9 Å². The van der Waals surface area contributed by atoms with Crippen molar-refractivity contribution in [1.82, 2.24) is 0 Å². The van der Waals surface area contributed by atoms with Crippen LogP contribution in [0.1, 0.15) is 148 Å². The zero-order valence-corrected chi connectivity index (χ0v) is 21.0. The summed E-state index contributed by atoms with van der Waals surface area (Å²) in [4.78, 5) is 22.6. The Balaban J connectivity index is 3.18. The van der Waals surface area contributed by atoms with Gasteiger partial charge in [-0.2, -0.15) is 0 Å². The minimum atomic E-state index is -1.63. The third-order valence-electron chi connectivity index (χ3n) is 6.14. The standard InChI is InChI=1S/C27H52O5/c1-2-3-4-5-6-7-8-9-10-11-12-13-14-15-16-17-18-19-20-21-22-23-26(30)32-27(31)25(29)24-28/h25,28-29H,2-24H2,1H3. The third kappa shape index (κ3) is 22.3. The second kappa shape index (κ2) is 24.7. The molecule has 2 N–H and O–H groups in total. The molecule has 0 aliphatic rings. The molecular formula is C27H52O5. The van der Waals surface area contributed by atoms with Gasteiger partial charge in [-0.15, -0.1) is 0 Å². The molecule has 0 aliphatic heterocycles. The lowest BCUT2D eigenvalue weighted by Gasteiger charge is -2.06. The Labute approximate surface area is 197 Å². The van der Waals surface area contributed by atoms with Gasteiger partial charge in [0.15, 0.2) is 6.10 Å². The number of rotatable bonds is 24. The van der Waals surface area contributed by atoms with E-state index >= 15 is 0 Å². The van der Waals surface area contributed by atoms with Crippen molar-refractivity contribution in [2.45, 2.75) is 154 Å². The molecule has 0 aliphatic carbocycles. The summed E-state index contributed by atoms with van der Waals surface area (Å²) in [6, 6.07) is 0. The quantitative estimate of drug-likeness (QED) is 0.0927. The average molecular weight is 457 g/mol. The van der Waals surface area contributed by atoms with Gasteiger partial charge in [-0.3, -0.25) is 4.79 Å². The van der Waals surface area contributed by atoms with Crippen molar-refractivity contribution < 1.29 is 24.5 Å². The molecule has 0 spiro atoms. The maximum Gasteiger partial charge on any atom is 0.345 e. The molecule has 32 heavy (non-hydrogen) atoms. The first-order valence-corrected chi connectivity index (χ1v) is 13.6. The zero-order valence-electron chi connectivity index (χ0n) is 21.0. The lowest BCUT2D eigenvalue weighted by molar-refractivity contribution is -0.167. The maximum absolute atomic E-state index is 11.4. The largest absolute Gasteiger partial charge is 0.393 e. The van der Waals surface area contributed by atoms with Gasteiger partial charge in [-0.1, -0.05) is 135 Å². The molecule has 0 saturated heterocycles. The van der Waals surface area contributed by atoms with E-state index < -0.39 is 24.6 Å². The van der Waals surface area contributed by atoms with Crippen LogP contribution in [-0.4, -0.2) is 34.9 Å². The molecule has 0 bridgehead atoms. The van der Waals surface area contributed by atoms with E-state index in [1.807, 2.05) is 0 Å². The fraction of sp³-hybridized carbons (Fsp3) is 0.926. The van der Waals surface area contributed by atoms with Crippen LogP contribution in [-0.2, 0) is 14.3 Å². The molecular weight excluding hydrogens is 404 g/mol. The van der Waals surface area contributed by atoms with E-state index in [1.54, 1.807) is 0 Å². The average Bonchev–Trinajstić information content (AvgIpc) is 2.79. The van der Waals surface area contributed by atoms with Crippen LogP contribution in [0.2, 0.25) is 0 Å². The first kappa shape index (κ1) is 31.1. The van der Waals surface area contributed by atoms with E-state index in [0.717, 1.165) is 12.8 Å². The number of esters is 2. The highest BCUT2D eigenvalue weighted by Crippen LogP contribution is 2.15. The Bertz CT molecular complexity index is 424. The van der Waals surface area contributed by atoms with Gasteiger partial charge in [0.25, 0.3) is 0 Å². The fourth-order valence-corrected chi connectivity index (χ4v) is 4.01. The molecule has 0 radical (unpaired) electrons. The van der Waals surface area contributed by atoms with Gasteiger partial charge in [-0.25, -0.2) is 4.79 Å². The summed E-state index contributed by atoms with van der Waals surface area (Å²) in [5.41, 5.74) is 0. The summed E-state index contributed by atoms with van der Waals surface area (Å²) in [6.07, 6.45) is 26.1. The molecule has 0 rings (SSSR count). The van der Waals surface area contributed by atoms with Crippen molar-refractivity contribution in [3.05, 3.63) is 0 Å². The SMILES string of the molecule is CCCCCCCCCCCCCCCCCCCCCCCC(=O)OC(=O)C(O)CO. The van der Waals surface area contributed by atoms with Gasteiger partial charge in [0, 0.05) is 6.42 Å². The van der Waals surface area contributed by atoms with Crippen molar-refractivity contribution in [3.8, 4) is 0 Å². The summed E-state index contributed by atoms with van der Waals surface area (Å²) in [5.74, 6) is -1.69.